The van der Waals surface area contributed by atoms with Crippen LogP contribution in [0.2, 0.25) is 0 Å². The van der Waals surface area contributed by atoms with Gasteiger partial charge in [0.2, 0.25) is 0 Å². The van der Waals surface area contributed by atoms with Gasteiger partial charge in [-0.2, -0.15) is 5.10 Å². The average molecular weight is 203 g/mol. The van der Waals surface area contributed by atoms with Gasteiger partial charge in [-0.05, 0) is 6.07 Å². The zero-order valence-corrected chi connectivity index (χ0v) is 9.70. The summed E-state index contributed by atoms with van der Waals surface area (Å²) >= 11 is 0. The van der Waals surface area contributed by atoms with Crippen molar-refractivity contribution in [3.05, 3.63) is 30.4 Å². The number of aromatic amines is 1. The van der Waals surface area contributed by atoms with Gasteiger partial charge < -0.3 is 4.98 Å². The zero-order chi connectivity index (χ0) is 11.1. The Morgan fingerprint density at radius 1 is 1.33 bits per heavy atom. The molecule has 80 valence electrons. The molecule has 2 aromatic rings. The molecular weight excluding hydrogens is 186 g/mol. The quantitative estimate of drug-likeness (QED) is 0.759. The van der Waals surface area contributed by atoms with E-state index in [1.165, 1.54) is 16.8 Å². The van der Waals surface area contributed by atoms with Crippen LogP contribution in [0, 0.1) is 0 Å². The summed E-state index contributed by atoms with van der Waals surface area (Å²) in [7, 11) is 2.00. The van der Waals surface area contributed by atoms with Crippen molar-refractivity contribution >= 4 is 0 Å². The molecule has 0 saturated heterocycles. The number of hydrogen-bond donors (Lipinski definition) is 1. The van der Waals surface area contributed by atoms with Crippen LogP contribution >= 0.6 is 0 Å². The Hall–Kier alpha value is -1.51. The SMILES string of the molecule is Cn1ncc(-c2cc[nH]c2)c1C(C)(C)C. The predicted molar refractivity (Wildman–Crippen MR) is 61.7 cm³/mol. The summed E-state index contributed by atoms with van der Waals surface area (Å²) in [6.07, 6.45) is 5.88. The van der Waals surface area contributed by atoms with E-state index < -0.39 is 0 Å². The summed E-state index contributed by atoms with van der Waals surface area (Å²) in [6.45, 7) is 6.63. The molecule has 0 aliphatic heterocycles. The molecule has 3 nitrogen and oxygen atoms in total. The van der Waals surface area contributed by atoms with Gasteiger partial charge >= 0.3 is 0 Å². The number of nitrogens with one attached hydrogen (secondary N) is 1. The molecule has 0 atom stereocenters. The molecule has 2 aromatic heterocycles. The van der Waals surface area contributed by atoms with Crippen molar-refractivity contribution in [3.8, 4) is 11.1 Å². The molecule has 15 heavy (non-hydrogen) atoms. The van der Waals surface area contributed by atoms with Crippen LogP contribution in [0.4, 0.5) is 0 Å². The fourth-order valence-electron chi connectivity index (χ4n) is 2.03. The van der Waals surface area contributed by atoms with E-state index in [2.05, 4.69) is 36.9 Å². The van der Waals surface area contributed by atoms with Crippen molar-refractivity contribution in [2.45, 2.75) is 26.2 Å². The highest BCUT2D eigenvalue weighted by Crippen LogP contribution is 2.31. The van der Waals surface area contributed by atoms with E-state index in [1.54, 1.807) is 0 Å². The third-order valence-corrected chi connectivity index (χ3v) is 2.56. The summed E-state index contributed by atoms with van der Waals surface area (Å²) in [5.74, 6) is 0. The molecular formula is C12H17N3. The largest absolute Gasteiger partial charge is 0.367 e. The van der Waals surface area contributed by atoms with Crippen molar-refractivity contribution in [2.75, 3.05) is 0 Å². The molecule has 2 rings (SSSR count). The predicted octanol–water partition coefficient (Wildman–Crippen LogP) is 2.71. The van der Waals surface area contributed by atoms with Crippen LogP contribution in [0.25, 0.3) is 11.1 Å². The van der Waals surface area contributed by atoms with Gasteiger partial charge in [-0.1, -0.05) is 20.8 Å². The number of hydrogen-bond acceptors (Lipinski definition) is 1. The van der Waals surface area contributed by atoms with Crippen LogP contribution in [0.1, 0.15) is 26.5 Å². The number of H-pyrrole nitrogens is 1. The molecule has 0 fully saturated rings. The first-order valence-electron chi connectivity index (χ1n) is 5.16. The van der Waals surface area contributed by atoms with Crippen molar-refractivity contribution in [1.82, 2.24) is 14.8 Å². The Labute approximate surface area is 90.1 Å². The molecule has 0 aliphatic rings. The highest BCUT2D eigenvalue weighted by atomic mass is 15.3. The maximum atomic E-state index is 4.34. The van der Waals surface area contributed by atoms with E-state index in [-0.39, 0.29) is 5.41 Å². The van der Waals surface area contributed by atoms with E-state index in [0.717, 1.165) is 0 Å². The van der Waals surface area contributed by atoms with Crippen molar-refractivity contribution in [2.24, 2.45) is 7.05 Å². The first kappa shape index (κ1) is 10.0. The van der Waals surface area contributed by atoms with Crippen LogP contribution in [0.5, 0.6) is 0 Å². The smallest absolute Gasteiger partial charge is 0.0571 e. The summed E-state index contributed by atoms with van der Waals surface area (Å²) in [4.78, 5) is 3.08. The minimum Gasteiger partial charge on any atom is -0.367 e. The zero-order valence-electron chi connectivity index (χ0n) is 9.70. The van der Waals surface area contributed by atoms with E-state index in [9.17, 15) is 0 Å². The number of nitrogens with zero attached hydrogens (tertiary/aromatic N) is 2. The third kappa shape index (κ3) is 1.69. The molecule has 0 bridgehead atoms. The molecule has 0 aromatic carbocycles. The lowest BCUT2D eigenvalue weighted by atomic mass is 9.88. The Bertz CT molecular complexity index is 444. The van der Waals surface area contributed by atoms with Gasteiger partial charge in [0.1, 0.15) is 0 Å². The van der Waals surface area contributed by atoms with Crippen LogP contribution in [0.15, 0.2) is 24.7 Å². The molecule has 0 radical (unpaired) electrons. The van der Waals surface area contributed by atoms with Gasteiger partial charge in [-0.15, -0.1) is 0 Å². The van der Waals surface area contributed by atoms with Crippen LogP contribution in [-0.4, -0.2) is 14.8 Å². The Kier molecular flexibility index (Phi) is 2.18. The lowest BCUT2D eigenvalue weighted by molar-refractivity contribution is 0.524. The molecule has 2 heterocycles. The number of rotatable bonds is 1. The first-order valence-corrected chi connectivity index (χ1v) is 5.16. The second-order valence-corrected chi connectivity index (χ2v) is 4.88. The van der Waals surface area contributed by atoms with E-state index >= 15 is 0 Å². The summed E-state index contributed by atoms with van der Waals surface area (Å²) in [5.41, 5.74) is 3.79. The molecule has 0 saturated carbocycles. The molecule has 1 N–H and O–H groups in total. The minimum atomic E-state index is 0.109. The summed E-state index contributed by atoms with van der Waals surface area (Å²) in [6, 6.07) is 2.08. The van der Waals surface area contributed by atoms with Crippen molar-refractivity contribution in [1.29, 1.82) is 0 Å². The second-order valence-electron chi connectivity index (χ2n) is 4.88. The lowest BCUT2D eigenvalue weighted by Gasteiger charge is -2.20. The van der Waals surface area contributed by atoms with Gasteiger partial charge in [-0.25, -0.2) is 0 Å². The maximum Gasteiger partial charge on any atom is 0.0571 e. The molecule has 0 aliphatic carbocycles. The van der Waals surface area contributed by atoms with Crippen LogP contribution in [0.3, 0.4) is 0 Å². The van der Waals surface area contributed by atoms with Crippen LogP contribution in [-0.2, 0) is 12.5 Å². The molecule has 0 unspecified atom stereocenters. The lowest BCUT2D eigenvalue weighted by Crippen LogP contribution is -2.17. The maximum absolute atomic E-state index is 4.34. The van der Waals surface area contributed by atoms with Gasteiger partial charge in [0.05, 0.1) is 11.9 Å². The highest BCUT2D eigenvalue weighted by Gasteiger charge is 2.23. The van der Waals surface area contributed by atoms with E-state index in [4.69, 9.17) is 0 Å². The number of aromatic nitrogens is 3. The second kappa shape index (κ2) is 3.26. The fourth-order valence-corrected chi connectivity index (χ4v) is 2.03. The van der Waals surface area contributed by atoms with E-state index in [0.29, 0.717) is 0 Å². The Morgan fingerprint density at radius 2 is 2.07 bits per heavy atom. The standard InChI is InChI=1S/C12H17N3/c1-12(2,3)11-10(8-14-15(11)4)9-5-6-13-7-9/h5-8,13H,1-4H3. The van der Waals surface area contributed by atoms with Gasteiger partial charge in [-0.3, -0.25) is 4.68 Å². The first-order chi connectivity index (χ1) is 7.00. The van der Waals surface area contributed by atoms with Crippen LogP contribution < -0.4 is 0 Å². The Balaban J connectivity index is 2.59. The highest BCUT2D eigenvalue weighted by molar-refractivity contribution is 5.65. The van der Waals surface area contributed by atoms with Gasteiger partial charge in [0.15, 0.2) is 0 Å². The molecule has 0 amide bonds. The third-order valence-electron chi connectivity index (χ3n) is 2.56. The molecule has 0 spiro atoms. The summed E-state index contributed by atoms with van der Waals surface area (Å²) in [5, 5.41) is 4.34. The van der Waals surface area contributed by atoms with Gasteiger partial charge in [0, 0.05) is 36.0 Å². The monoisotopic (exact) mass is 203 g/mol. The topological polar surface area (TPSA) is 33.6 Å². The minimum absolute atomic E-state index is 0.109. The van der Waals surface area contributed by atoms with Crippen molar-refractivity contribution < 1.29 is 0 Å². The Morgan fingerprint density at radius 3 is 2.60 bits per heavy atom. The number of aryl methyl sites for hydroxylation is 1. The average Bonchev–Trinajstić information content (AvgIpc) is 2.68. The molecule has 3 heteroatoms. The van der Waals surface area contributed by atoms with E-state index in [1.807, 2.05) is 30.3 Å². The normalized spacial score (nSPS) is 12.0. The van der Waals surface area contributed by atoms with Gasteiger partial charge in [0.25, 0.3) is 0 Å². The summed E-state index contributed by atoms with van der Waals surface area (Å²) < 4.78 is 1.96. The fraction of sp³-hybridized carbons (Fsp3) is 0.417. The van der Waals surface area contributed by atoms with Crippen molar-refractivity contribution in [3.63, 3.8) is 0 Å².